The summed E-state index contributed by atoms with van der Waals surface area (Å²) < 4.78 is 17.0. The molecule has 0 bridgehead atoms. The number of hydrogen-bond donors (Lipinski definition) is 3. The van der Waals surface area contributed by atoms with E-state index in [1.54, 1.807) is 19.1 Å². The minimum atomic E-state index is -0.588. The van der Waals surface area contributed by atoms with E-state index in [1.807, 2.05) is 0 Å². The number of hydrogen-bond acceptors (Lipinski definition) is 12. The third-order valence-electron chi connectivity index (χ3n) is 4.86. The number of benzene rings is 1. The quantitative estimate of drug-likeness (QED) is 0.272. The monoisotopic (exact) mass is 535 g/mol. The van der Waals surface area contributed by atoms with Crippen molar-refractivity contribution >= 4 is 33.9 Å². The number of amides is 1. The van der Waals surface area contributed by atoms with Gasteiger partial charge in [-0.1, -0.05) is 5.21 Å². The van der Waals surface area contributed by atoms with Crippen molar-refractivity contribution in [2.45, 2.75) is 13.5 Å². The average molecular weight is 536 g/mol. The second-order valence-electron chi connectivity index (χ2n) is 7.14. The van der Waals surface area contributed by atoms with Crippen LogP contribution in [-0.4, -0.2) is 80.3 Å². The number of nitrogen functional groups attached to an aromatic ring is 1. The van der Waals surface area contributed by atoms with Crippen molar-refractivity contribution in [1.82, 2.24) is 35.6 Å². The van der Waals surface area contributed by atoms with Crippen molar-refractivity contribution in [2.75, 3.05) is 38.6 Å². The molecule has 1 aromatic carbocycles. The van der Waals surface area contributed by atoms with Gasteiger partial charge in [0.2, 0.25) is 11.6 Å². The topological polar surface area (TPSA) is 179 Å². The molecule has 3 heterocycles. The van der Waals surface area contributed by atoms with E-state index in [-0.39, 0.29) is 28.8 Å². The predicted molar refractivity (Wildman–Crippen MR) is 122 cm³/mol. The van der Waals surface area contributed by atoms with Gasteiger partial charge in [-0.3, -0.25) is 9.69 Å². The molecule has 0 saturated carbocycles. The van der Waals surface area contributed by atoms with Crippen LogP contribution in [0, 0.1) is 0 Å². The first kappa shape index (κ1) is 23.6. The highest BCUT2D eigenvalue weighted by Crippen LogP contribution is 2.35. The van der Waals surface area contributed by atoms with Gasteiger partial charge >= 0.3 is 0 Å². The predicted octanol–water partition coefficient (Wildman–Crippen LogP) is 0.695. The highest BCUT2D eigenvalue weighted by molar-refractivity contribution is 9.10. The Morgan fingerprint density at radius 3 is 2.88 bits per heavy atom. The highest BCUT2D eigenvalue weighted by Gasteiger charge is 2.26. The lowest BCUT2D eigenvalue weighted by Crippen LogP contribution is -2.36. The van der Waals surface area contributed by atoms with Gasteiger partial charge in [0.15, 0.2) is 17.2 Å². The number of hydrazone groups is 1. The van der Waals surface area contributed by atoms with Crippen molar-refractivity contribution in [3.63, 3.8) is 0 Å². The smallest absolute Gasteiger partial charge is 0.292 e. The molecule has 1 aliphatic heterocycles. The molecule has 1 fully saturated rings. The molecule has 4 N–H and O–H groups in total. The van der Waals surface area contributed by atoms with Crippen LogP contribution in [0.1, 0.15) is 28.7 Å². The van der Waals surface area contributed by atoms with Gasteiger partial charge in [-0.15, -0.1) is 5.10 Å². The van der Waals surface area contributed by atoms with Crippen LogP contribution in [0.15, 0.2) is 26.3 Å². The summed E-state index contributed by atoms with van der Waals surface area (Å²) in [6.07, 6.45) is 1.41. The normalized spacial score (nSPS) is 14.5. The molecule has 0 aliphatic carbocycles. The molecule has 0 unspecified atom stereocenters. The first-order chi connectivity index (χ1) is 16.5. The SMILES string of the molecule is CCOc1cc(/C=N\NC(=O)c2c(CN3CCOCC3)nnn2-c2nonc2N)cc(Br)c1O. The summed E-state index contributed by atoms with van der Waals surface area (Å²) in [5, 5.41) is 29.5. The van der Waals surface area contributed by atoms with Crippen LogP contribution in [0.4, 0.5) is 5.82 Å². The Balaban J connectivity index is 1.58. The van der Waals surface area contributed by atoms with E-state index < -0.39 is 5.91 Å². The van der Waals surface area contributed by atoms with Gasteiger partial charge in [-0.05, 0) is 50.9 Å². The van der Waals surface area contributed by atoms with Crippen LogP contribution in [0.25, 0.3) is 5.82 Å². The molecule has 180 valence electrons. The van der Waals surface area contributed by atoms with E-state index in [0.29, 0.717) is 55.2 Å². The van der Waals surface area contributed by atoms with Gasteiger partial charge in [0.05, 0.1) is 30.5 Å². The number of phenolic OH excluding ortho intramolecular Hbond substituents is 1. The standard InChI is InChI=1S/C19H22BrN9O5/c1-2-33-14-8-11(7-12(20)16(14)30)9-22-24-19(31)15-13(10-28-3-5-32-6-4-28)23-27-29(15)18-17(21)25-34-26-18/h7-9,30H,2-6,10H2,1H3,(H2,21,25)(H,24,31)/b22-9-. The number of aromatic hydroxyl groups is 1. The zero-order valence-electron chi connectivity index (χ0n) is 18.1. The van der Waals surface area contributed by atoms with Crippen molar-refractivity contribution in [2.24, 2.45) is 5.10 Å². The Hall–Kier alpha value is -3.56. The number of halogens is 1. The molecule has 1 aliphatic rings. The van der Waals surface area contributed by atoms with Crippen LogP contribution in [0.3, 0.4) is 0 Å². The fourth-order valence-electron chi connectivity index (χ4n) is 3.26. The molecule has 1 saturated heterocycles. The number of carbonyl (C=O) groups excluding carboxylic acids is 1. The van der Waals surface area contributed by atoms with Crippen LogP contribution >= 0.6 is 15.9 Å². The zero-order valence-corrected chi connectivity index (χ0v) is 19.7. The van der Waals surface area contributed by atoms with Gasteiger partial charge in [-0.2, -0.15) is 9.78 Å². The van der Waals surface area contributed by atoms with Crippen LogP contribution < -0.4 is 15.9 Å². The number of phenols is 1. The van der Waals surface area contributed by atoms with Gasteiger partial charge in [0.1, 0.15) is 5.69 Å². The van der Waals surface area contributed by atoms with Crippen molar-refractivity contribution in [3.8, 4) is 17.3 Å². The molecule has 15 heteroatoms. The second-order valence-corrected chi connectivity index (χ2v) is 7.99. The summed E-state index contributed by atoms with van der Waals surface area (Å²) >= 11 is 3.27. The first-order valence-corrected chi connectivity index (χ1v) is 11.1. The van der Waals surface area contributed by atoms with E-state index in [1.165, 1.54) is 6.21 Å². The number of aromatic nitrogens is 5. The van der Waals surface area contributed by atoms with Crippen LogP contribution in [0.5, 0.6) is 11.5 Å². The molecular weight excluding hydrogens is 514 g/mol. The maximum Gasteiger partial charge on any atom is 0.292 e. The minimum absolute atomic E-state index is 0.0235. The highest BCUT2D eigenvalue weighted by atomic mass is 79.9. The number of nitrogens with zero attached hydrogens (tertiary/aromatic N) is 7. The number of nitrogens with two attached hydrogens (primary N) is 1. The number of anilines is 1. The molecule has 2 aromatic heterocycles. The van der Waals surface area contributed by atoms with E-state index in [4.69, 9.17) is 15.2 Å². The lowest BCUT2D eigenvalue weighted by molar-refractivity contribution is 0.0335. The third kappa shape index (κ3) is 5.16. The van der Waals surface area contributed by atoms with Gasteiger partial charge in [0, 0.05) is 19.6 Å². The molecule has 1 amide bonds. The van der Waals surface area contributed by atoms with Gasteiger partial charge in [-0.25, -0.2) is 10.1 Å². The lowest BCUT2D eigenvalue weighted by Gasteiger charge is -2.25. The van der Waals surface area contributed by atoms with E-state index in [0.717, 1.165) is 4.68 Å². The molecule has 34 heavy (non-hydrogen) atoms. The van der Waals surface area contributed by atoms with E-state index in [2.05, 4.69) is 56.6 Å². The Bertz CT molecular complexity index is 1190. The molecule has 0 spiro atoms. The van der Waals surface area contributed by atoms with Crippen LogP contribution in [-0.2, 0) is 11.3 Å². The number of ether oxygens (including phenoxy) is 2. The molecule has 0 atom stereocenters. The Morgan fingerprint density at radius 2 is 2.18 bits per heavy atom. The molecular formula is C19H22BrN9O5. The maximum atomic E-state index is 13.1. The summed E-state index contributed by atoms with van der Waals surface area (Å²) in [6, 6.07) is 3.22. The molecule has 14 nitrogen and oxygen atoms in total. The van der Waals surface area contributed by atoms with Gasteiger partial charge < -0.3 is 20.3 Å². The molecule has 4 rings (SSSR count). The van der Waals surface area contributed by atoms with Crippen molar-refractivity contribution in [1.29, 1.82) is 0 Å². The largest absolute Gasteiger partial charge is 0.503 e. The minimum Gasteiger partial charge on any atom is -0.503 e. The van der Waals surface area contributed by atoms with Gasteiger partial charge in [0.25, 0.3) is 5.91 Å². The lowest BCUT2D eigenvalue weighted by atomic mass is 10.2. The fraction of sp³-hybridized carbons (Fsp3) is 0.368. The Kier molecular flexibility index (Phi) is 7.34. The summed E-state index contributed by atoms with van der Waals surface area (Å²) in [4.78, 5) is 15.2. The van der Waals surface area contributed by atoms with Crippen molar-refractivity contribution < 1.29 is 24.0 Å². The maximum absolute atomic E-state index is 13.1. The number of rotatable bonds is 8. The number of morpholine rings is 1. The van der Waals surface area contributed by atoms with E-state index in [9.17, 15) is 9.90 Å². The second kappa shape index (κ2) is 10.6. The molecule has 3 aromatic rings. The first-order valence-electron chi connectivity index (χ1n) is 10.3. The molecule has 0 radical (unpaired) electrons. The summed E-state index contributed by atoms with van der Waals surface area (Å²) in [7, 11) is 0. The van der Waals surface area contributed by atoms with Crippen molar-refractivity contribution in [3.05, 3.63) is 33.6 Å². The Labute approximate surface area is 201 Å². The third-order valence-corrected chi connectivity index (χ3v) is 5.46. The zero-order chi connectivity index (χ0) is 24.1. The summed E-state index contributed by atoms with van der Waals surface area (Å²) in [5.74, 6) is -0.329. The fourth-order valence-corrected chi connectivity index (χ4v) is 3.72. The van der Waals surface area contributed by atoms with E-state index >= 15 is 0 Å². The average Bonchev–Trinajstić information content (AvgIpc) is 3.43. The number of carbonyl (C=O) groups is 1. The summed E-state index contributed by atoms with van der Waals surface area (Å²) in [6.45, 7) is 5.11. The Morgan fingerprint density at radius 1 is 1.38 bits per heavy atom. The summed E-state index contributed by atoms with van der Waals surface area (Å²) in [5.41, 5.74) is 9.34. The van der Waals surface area contributed by atoms with Crippen LogP contribution in [0.2, 0.25) is 0 Å². The number of nitrogens with one attached hydrogen (secondary N) is 1.